The third-order valence-corrected chi connectivity index (χ3v) is 7.43. The fourth-order valence-electron chi connectivity index (χ4n) is 4.12. The third kappa shape index (κ3) is 7.58. The van der Waals surface area contributed by atoms with Crippen LogP contribution < -0.4 is 14.4 Å². The molecule has 0 aliphatic carbocycles. The molecular weight excluding hydrogens is 502 g/mol. The normalized spacial score (nSPS) is 11.9. The molecule has 0 saturated heterocycles. The van der Waals surface area contributed by atoms with Gasteiger partial charge in [0, 0.05) is 13.6 Å². The molecule has 0 bridgehead atoms. The van der Waals surface area contributed by atoms with E-state index in [4.69, 9.17) is 4.74 Å². The number of rotatable bonds is 12. The summed E-state index contributed by atoms with van der Waals surface area (Å²) in [5, 5.41) is 2.62. The van der Waals surface area contributed by atoms with E-state index in [9.17, 15) is 18.0 Å². The number of likely N-dealkylation sites (N-methyl/N-ethyl adjacent to an activating group) is 1. The van der Waals surface area contributed by atoms with E-state index in [-0.39, 0.29) is 12.5 Å². The smallest absolute Gasteiger partial charge is 0.244 e. The molecule has 0 aliphatic heterocycles. The van der Waals surface area contributed by atoms with Gasteiger partial charge in [0.2, 0.25) is 21.8 Å². The minimum atomic E-state index is -3.81. The zero-order valence-corrected chi connectivity index (χ0v) is 23.1. The first-order chi connectivity index (χ1) is 18.1. The van der Waals surface area contributed by atoms with Gasteiger partial charge in [0.15, 0.2) is 0 Å². The number of benzene rings is 3. The SMILES string of the molecule is CC[C@@H](C(=O)NC)N(Cc1ccccc1C)C(=O)CN(c1ccc(OCc2ccccc2)cc1)S(C)(=O)=O. The highest BCUT2D eigenvalue weighted by atomic mass is 32.2. The van der Waals surface area contributed by atoms with Crippen molar-refractivity contribution >= 4 is 27.5 Å². The number of anilines is 1. The van der Waals surface area contributed by atoms with E-state index in [1.54, 1.807) is 24.3 Å². The largest absolute Gasteiger partial charge is 0.489 e. The Bertz CT molecular complexity index is 1330. The van der Waals surface area contributed by atoms with Gasteiger partial charge >= 0.3 is 0 Å². The van der Waals surface area contributed by atoms with Gasteiger partial charge in [-0.25, -0.2) is 8.42 Å². The third-order valence-electron chi connectivity index (χ3n) is 6.29. The van der Waals surface area contributed by atoms with Gasteiger partial charge < -0.3 is 15.0 Å². The summed E-state index contributed by atoms with van der Waals surface area (Å²) in [6.07, 6.45) is 1.44. The van der Waals surface area contributed by atoms with E-state index < -0.39 is 28.5 Å². The fourth-order valence-corrected chi connectivity index (χ4v) is 4.97. The summed E-state index contributed by atoms with van der Waals surface area (Å²) in [5.74, 6) is -0.206. The van der Waals surface area contributed by atoms with Crippen LogP contribution in [0.15, 0.2) is 78.9 Å². The van der Waals surface area contributed by atoms with E-state index in [0.29, 0.717) is 24.5 Å². The van der Waals surface area contributed by atoms with E-state index >= 15 is 0 Å². The average molecular weight is 538 g/mol. The molecule has 2 amide bonds. The molecular formula is C29H35N3O5S. The van der Waals surface area contributed by atoms with Gasteiger partial charge in [0.1, 0.15) is 24.9 Å². The van der Waals surface area contributed by atoms with Crippen LogP contribution in [-0.4, -0.2) is 51.0 Å². The standard InChI is InChI=1S/C29H35N3O5S/c1-5-27(29(34)30-3)31(19-24-14-10-9-11-22(24)2)28(33)20-32(38(4,35)36)25-15-17-26(18-16-25)37-21-23-12-7-6-8-13-23/h6-18,27H,5,19-21H2,1-4H3,(H,30,34)/t27-/m0/s1. The first-order valence-corrected chi connectivity index (χ1v) is 14.3. The van der Waals surface area contributed by atoms with Crippen molar-refractivity contribution in [3.05, 3.63) is 95.6 Å². The van der Waals surface area contributed by atoms with Crippen LogP contribution >= 0.6 is 0 Å². The number of nitrogens with zero attached hydrogens (tertiary/aromatic N) is 2. The molecule has 1 atom stereocenters. The molecule has 0 radical (unpaired) electrons. The number of hydrogen-bond donors (Lipinski definition) is 1. The van der Waals surface area contributed by atoms with Gasteiger partial charge in [-0.15, -0.1) is 0 Å². The predicted octanol–water partition coefficient (Wildman–Crippen LogP) is 3.89. The molecule has 0 aromatic heterocycles. The van der Waals surface area contributed by atoms with Crippen molar-refractivity contribution in [2.45, 2.75) is 39.5 Å². The lowest BCUT2D eigenvalue weighted by Crippen LogP contribution is -2.51. The number of sulfonamides is 1. The van der Waals surface area contributed by atoms with Gasteiger partial charge in [-0.3, -0.25) is 13.9 Å². The Morgan fingerprint density at radius 3 is 2.16 bits per heavy atom. The minimum Gasteiger partial charge on any atom is -0.489 e. The highest BCUT2D eigenvalue weighted by molar-refractivity contribution is 7.92. The van der Waals surface area contributed by atoms with Gasteiger partial charge in [-0.05, 0) is 54.3 Å². The minimum absolute atomic E-state index is 0.182. The number of hydrogen-bond acceptors (Lipinski definition) is 5. The van der Waals surface area contributed by atoms with Crippen molar-refractivity contribution in [2.75, 3.05) is 24.2 Å². The second-order valence-electron chi connectivity index (χ2n) is 9.02. The quantitative estimate of drug-likeness (QED) is 0.378. The van der Waals surface area contributed by atoms with E-state index in [1.807, 2.05) is 68.4 Å². The van der Waals surface area contributed by atoms with Gasteiger partial charge in [-0.1, -0.05) is 61.5 Å². The van der Waals surface area contributed by atoms with Gasteiger partial charge in [0.05, 0.1) is 11.9 Å². The monoisotopic (exact) mass is 537 g/mol. The molecule has 1 N–H and O–H groups in total. The molecule has 0 heterocycles. The Morgan fingerprint density at radius 2 is 1.58 bits per heavy atom. The van der Waals surface area contributed by atoms with Crippen LogP contribution in [0.4, 0.5) is 5.69 Å². The van der Waals surface area contributed by atoms with E-state index in [2.05, 4.69) is 5.32 Å². The number of carbonyl (C=O) groups is 2. The van der Waals surface area contributed by atoms with Crippen LogP contribution in [0.2, 0.25) is 0 Å². The van der Waals surface area contributed by atoms with Crippen molar-refractivity contribution in [2.24, 2.45) is 0 Å². The summed E-state index contributed by atoms with van der Waals surface area (Å²) >= 11 is 0. The molecule has 0 unspecified atom stereocenters. The summed E-state index contributed by atoms with van der Waals surface area (Å²) in [5.41, 5.74) is 3.20. The molecule has 0 aliphatic rings. The summed E-state index contributed by atoms with van der Waals surface area (Å²) in [6.45, 7) is 3.87. The van der Waals surface area contributed by atoms with Crippen LogP contribution in [0.3, 0.4) is 0 Å². The van der Waals surface area contributed by atoms with Crippen LogP contribution in [0, 0.1) is 6.92 Å². The van der Waals surface area contributed by atoms with Crippen molar-refractivity contribution in [3.8, 4) is 5.75 Å². The second kappa shape index (κ2) is 13.1. The Hall–Kier alpha value is -3.85. The predicted molar refractivity (Wildman–Crippen MR) is 149 cm³/mol. The molecule has 202 valence electrons. The lowest BCUT2D eigenvalue weighted by atomic mass is 10.1. The number of amides is 2. The summed E-state index contributed by atoms with van der Waals surface area (Å²) in [7, 11) is -2.29. The summed E-state index contributed by atoms with van der Waals surface area (Å²) < 4.78 is 32.4. The van der Waals surface area contributed by atoms with Gasteiger partial charge in [0.25, 0.3) is 0 Å². The van der Waals surface area contributed by atoms with Crippen LogP contribution in [0.25, 0.3) is 0 Å². The molecule has 0 fully saturated rings. The highest BCUT2D eigenvalue weighted by Gasteiger charge is 2.31. The summed E-state index contributed by atoms with van der Waals surface area (Å²) in [6, 6.07) is 23.1. The van der Waals surface area contributed by atoms with Crippen molar-refractivity contribution < 1.29 is 22.7 Å². The molecule has 3 rings (SSSR count). The molecule has 9 heteroatoms. The number of nitrogens with one attached hydrogen (secondary N) is 1. The Balaban J connectivity index is 1.84. The van der Waals surface area contributed by atoms with E-state index in [0.717, 1.165) is 27.3 Å². The lowest BCUT2D eigenvalue weighted by Gasteiger charge is -2.33. The zero-order chi connectivity index (χ0) is 27.7. The maximum atomic E-state index is 13.7. The van der Waals surface area contributed by atoms with Crippen molar-refractivity contribution in [1.82, 2.24) is 10.2 Å². The van der Waals surface area contributed by atoms with Crippen molar-refractivity contribution in [3.63, 3.8) is 0 Å². The van der Waals surface area contributed by atoms with Crippen LogP contribution in [0.1, 0.15) is 30.0 Å². The fraction of sp³-hybridized carbons (Fsp3) is 0.310. The number of carbonyl (C=O) groups excluding carboxylic acids is 2. The highest BCUT2D eigenvalue weighted by Crippen LogP contribution is 2.24. The Kier molecular flexibility index (Phi) is 9.90. The van der Waals surface area contributed by atoms with Crippen LogP contribution in [0.5, 0.6) is 5.75 Å². The van der Waals surface area contributed by atoms with Gasteiger partial charge in [-0.2, -0.15) is 0 Å². The Labute approximate surface area is 225 Å². The topological polar surface area (TPSA) is 96.0 Å². The molecule has 0 saturated carbocycles. The van der Waals surface area contributed by atoms with Crippen molar-refractivity contribution in [1.29, 1.82) is 0 Å². The summed E-state index contributed by atoms with van der Waals surface area (Å²) in [4.78, 5) is 27.8. The molecule has 8 nitrogen and oxygen atoms in total. The average Bonchev–Trinajstić information content (AvgIpc) is 2.91. The first kappa shape index (κ1) is 28.7. The Morgan fingerprint density at radius 1 is 0.947 bits per heavy atom. The maximum Gasteiger partial charge on any atom is 0.244 e. The molecule has 38 heavy (non-hydrogen) atoms. The zero-order valence-electron chi connectivity index (χ0n) is 22.3. The second-order valence-corrected chi connectivity index (χ2v) is 10.9. The molecule has 0 spiro atoms. The molecule has 3 aromatic rings. The number of aryl methyl sites for hydroxylation is 1. The lowest BCUT2D eigenvalue weighted by molar-refractivity contribution is -0.140. The first-order valence-electron chi connectivity index (χ1n) is 12.4. The van der Waals surface area contributed by atoms with Crippen LogP contribution in [-0.2, 0) is 32.8 Å². The maximum absolute atomic E-state index is 13.7. The molecule has 3 aromatic carbocycles. The number of ether oxygens (including phenoxy) is 1. The van der Waals surface area contributed by atoms with E-state index in [1.165, 1.54) is 11.9 Å².